The summed E-state index contributed by atoms with van der Waals surface area (Å²) in [7, 11) is 0. The molecule has 4 heteroatoms. The summed E-state index contributed by atoms with van der Waals surface area (Å²) in [5, 5.41) is 12.8. The van der Waals surface area contributed by atoms with Gasteiger partial charge in [-0.2, -0.15) is 0 Å². The molecule has 3 nitrogen and oxygen atoms in total. The molecule has 1 N–H and O–H groups in total. The van der Waals surface area contributed by atoms with Gasteiger partial charge in [0, 0.05) is 29.6 Å². The Morgan fingerprint density at radius 3 is 2.55 bits per heavy atom. The number of benzene rings is 1. The lowest BCUT2D eigenvalue weighted by Crippen LogP contribution is -2.43. The highest BCUT2D eigenvalue weighted by atomic mass is 32.1. The zero-order valence-corrected chi connectivity index (χ0v) is 13.5. The van der Waals surface area contributed by atoms with Crippen molar-refractivity contribution in [2.24, 2.45) is 5.92 Å². The number of thiazole rings is 1. The van der Waals surface area contributed by atoms with E-state index >= 15 is 0 Å². The van der Waals surface area contributed by atoms with Crippen molar-refractivity contribution in [2.75, 3.05) is 6.61 Å². The summed E-state index contributed by atoms with van der Waals surface area (Å²) in [5.41, 5.74) is 2.30. The van der Waals surface area contributed by atoms with E-state index in [9.17, 15) is 5.11 Å². The minimum absolute atomic E-state index is 0.357. The number of fused-ring (bicyclic) bond motifs is 2. The number of rotatable bonds is 4. The smallest absolute Gasteiger partial charge is 0.107 e. The van der Waals surface area contributed by atoms with E-state index in [4.69, 9.17) is 4.98 Å². The van der Waals surface area contributed by atoms with E-state index in [1.807, 2.05) is 6.07 Å². The Morgan fingerprint density at radius 2 is 1.86 bits per heavy atom. The molecule has 2 fully saturated rings. The van der Waals surface area contributed by atoms with Gasteiger partial charge in [-0.15, -0.1) is 11.3 Å². The number of aromatic nitrogens is 1. The Kier molecular flexibility index (Phi) is 3.99. The monoisotopic (exact) mass is 314 g/mol. The average Bonchev–Trinajstić information content (AvgIpc) is 3.11. The lowest BCUT2D eigenvalue weighted by Gasteiger charge is -2.37. The minimum atomic E-state index is 0.357. The molecule has 1 aromatic carbocycles. The largest absolute Gasteiger partial charge is 0.396 e. The van der Waals surface area contributed by atoms with Gasteiger partial charge in [0.15, 0.2) is 0 Å². The molecule has 1 aromatic heterocycles. The number of aliphatic hydroxyl groups excluding tert-OH is 1. The molecule has 3 heterocycles. The Balaban J connectivity index is 1.48. The van der Waals surface area contributed by atoms with Crippen molar-refractivity contribution >= 4 is 11.3 Å². The maximum Gasteiger partial charge on any atom is 0.107 e. The molecule has 1 unspecified atom stereocenters. The van der Waals surface area contributed by atoms with Crippen LogP contribution in [0.3, 0.4) is 0 Å². The van der Waals surface area contributed by atoms with Crippen molar-refractivity contribution in [3.05, 3.63) is 40.7 Å². The second-order valence-electron chi connectivity index (χ2n) is 6.57. The lowest BCUT2D eigenvalue weighted by atomic mass is 9.91. The third-order valence-electron chi connectivity index (χ3n) is 5.18. The number of piperidine rings is 1. The van der Waals surface area contributed by atoms with Crippen LogP contribution in [0.5, 0.6) is 0 Å². The molecule has 0 amide bonds. The highest BCUT2D eigenvalue weighted by molar-refractivity contribution is 7.09. The fourth-order valence-electron chi connectivity index (χ4n) is 4.08. The number of nitrogens with zero attached hydrogens (tertiary/aromatic N) is 2. The van der Waals surface area contributed by atoms with Crippen LogP contribution in [0.15, 0.2) is 35.7 Å². The van der Waals surface area contributed by atoms with Crippen molar-refractivity contribution in [2.45, 2.75) is 44.3 Å². The van der Waals surface area contributed by atoms with Crippen LogP contribution in [0.2, 0.25) is 0 Å². The predicted molar refractivity (Wildman–Crippen MR) is 89.7 cm³/mol. The van der Waals surface area contributed by atoms with E-state index < -0.39 is 0 Å². The van der Waals surface area contributed by atoms with Crippen molar-refractivity contribution in [3.63, 3.8) is 0 Å². The Labute approximate surface area is 135 Å². The molecule has 2 saturated heterocycles. The van der Waals surface area contributed by atoms with Gasteiger partial charge in [0.05, 0.1) is 12.2 Å². The highest BCUT2D eigenvalue weighted by Crippen LogP contribution is 2.39. The van der Waals surface area contributed by atoms with Crippen molar-refractivity contribution < 1.29 is 5.11 Å². The van der Waals surface area contributed by atoms with Gasteiger partial charge in [0.1, 0.15) is 5.01 Å². The minimum Gasteiger partial charge on any atom is -0.396 e. The van der Waals surface area contributed by atoms with E-state index in [2.05, 4.69) is 34.5 Å². The summed E-state index contributed by atoms with van der Waals surface area (Å²) in [6, 6.07) is 11.7. The van der Waals surface area contributed by atoms with Crippen LogP contribution in [0.4, 0.5) is 0 Å². The molecule has 22 heavy (non-hydrogen) atoms. The van der Waals surface area contributed by atoms with Gasteiger partial charge < -0.3 is 5.11 Å². The van der Waals surface area contributed by atoms with Crippen molar-refractivity contribution in [1.29, 1.82) is 0 Å². The molecule has 0 radical (unpaired) electrons. The van der Waals surface area contributed by atoms with E-state index in [0.717, 1.165) is 25.1 Å². The molecule has 4 rings (SSSR count). The van der Waals surface area contributed by atoms with Gasteiger partial charge in [-0.05, 0) is 31.6 Å². The summed E-state index contributed by atoms with van der Waals surface area (Å²) < 4.78 is 0. The van der Waals surface area contributed by atoms with Gasteiger partial charge >= 0.3 is 0 Å². The van der Waals surface area contributed by atoms with Gasteiger partial charge in [-0.3, -0.25) is 4.90 Å². The van der Waals surface area contributed by atoms with Crippen LogP contribution in [0.25, 0.3) is 11.3 Å². The number of aliphatic hydroxyl groups is 1. The molecule has 2 aliphatic rings. The van der Waals surface area contributed by atoms with Gasteiger partial charge in [0.25, 0.3) is 0 Å². The summed E-state index contributed by atoms with van der Waals surface area (Å²) in [5.74, 6) is 0.518. The van der Waals surface area contributed by atoms with Gasteiger partial charge in [-0.1, -0.05) is 30.3 Å². The van der Waals surface area contributed by atoms with Crippen LogP contribution in [0.1, 0.15) is 30.7 Å². The van der Waals surface area contributed by atoms with Crippen LogP contribution < -0.4 is 0 Å². The summed E-state index contributed by atoms with van der Waals surface area (Å²) in [6.45, 7) is 1.33. The first-order valence-corrected chi connectivity index (χ1v) is 9.08. The zero-order chi connectivity index (χ0) is 14.9. The third kappa shape index (κ3) is 2.71. The van der Waals surface area contributed by atoms with E-state index in [1.54, 1.807) is 11.3 Å². The van der Waals surface area contributed by atoms with E-state index in [-0.39, 0.29) is 0 Å². The van der Waals surface area contributed by atoms with Gasteiger partial charge in [-0.25, -0.2) is 4.98 Å². The molecule has 0 saturated carbocycles. The van der Waals surface area contributed by atoms with E-state index in [1.165, 1.54) is 23.4 Å². The Hall–Kier alpha value is -1.23. The second kappa shape index (κ2) is 6.11. The Bertz CT molecular complexity index is 613. The maximum absolute atomic E-state index is 9.43. The molecule has 0 spiro atoms. The number of hydrogen-bond acceptors (Lipinski definition) is 4. The van der Waals surface area contributed by atoms with Crippen molar-refractivity contribution in [3.8, 4) is 11.3 Å². The predicted octanol–water partition coefficient (Wildman–Crippen LogP) is 3.55. The van der Waals surface area contributed by atoms with Crippen molar-refractivity contribution in [1.82, 2.24) is 9.88 Å². The fourth-order valence-corrected chi connectivity index (χ4v) is 4.89. The highest BCUT2D eigenvalue weighted by Gasteiger charge is 2.40. The standard InChI is InChI=1S/C18H22N2OS/c21-11-13-8-15-6-7-16(9-13)20(15)10-18-19-17(12-22-18)14-4-2-1-3-5-14/h1-5,12-13,15-16,21H,6-11H2/t13?,15-,16+. The molecule has 0 aliphatic carbocycles. The fraction of sp³-hybridized carbons (Fsp3) is 0.500. The maximum atomic E-state index is 9.43. The van der Waals surface area contributed by atoms with Crippen LogP contribution in [-0.2, 0) is 6.54 Å². The Morgan fingerprint density at radius 1 is 1.14 bits per heavy atom. The third-order valence-corrected chi connectivity index (χ3v) is 6.01. The normalized spacial score (nSPS) is 28.1. The summed E-state index contributed by atoms with van der Waals surface area (Å²) in [4.78, 5) is 7.48. The summed E-state index contributed by atoms with van der Waals surface area (Å²) in [6.07, 6.45) is 4.89. The van der Waals surface area contributed by atoms with E-state index in [0.29, 0.717) is 24.6 Å². The van der Waals surface area contributed by atoms with Gasteiger partial charge in [0.2, 0.25) is 0 Å². The topological polar surface area (TPSA) is 36.4 Å². The number of hydrogen-bond donors (Lipinski definition) is 1. The molecular formula is C18H22N2OS. The molecule has 2 bridgehead atoms. The molecule has 2 aromatic rings. The first kappa shape index (κ1) is 14.4. The first-order chi connectivity index (χ1) is 10.8. The molecular weight excluding hydrogens is 292 g/mol. The average molecular weight is 314 g/mol. The summed E-state index contributed by atoms with van der Waals surface area (Å²) >= 11 is 1.77. The van der Waals surface area contributed by atoms with Crippen LogP contribution in [-0.4, -0.2) is 33.7 Å². The SMILES string of the molecule is OCC1C[C@H]2CC[C@@H](C1)N2Cc1nc(-c2ccccc2)cs1. The second-order valence-corrected chi connectivity index (χ2v) is 7.51. The van der Waals surface area contributed by atoms with Crippen LogP contribution >= 0.6 is 11.3 Å². The molecule has 2 aliphatic heterocycles. The first-order valence-electron chi connectivity index (χ1n) is 8.20. The molecule has 116 valence electrons. The molecule has 3 atom stereocenters. The lowest BCUT2D eigenvalue weighted by molar-refractivity contribution is 0.0683. The quantitative estimate of drug-likeness (QED) is 0.937. The van der Waals surface area contributed by atoms with Crippen LogP contribution in [0, 0.1) is 5.92 Å². The zero-order valence-electron chi connectivity index (χ0n) is 12.7.